The summed E-state index contributed by atoms with van der Waals surface area (Å²) < 4.78 is 7.68. The Bertz CT molecular complexity index is 639. The average Bonchev–Trinajstić information content (AvgIpc) is 2.85. The molecule has 0 bridgehead atoms. The van der Waals surface area contributed by atoms with E-state index in [4.69, 9.17) is 16.3 Å². The lowest BCUT2D eigenvalue weighted by molar-refractivity contribution is 0.319. The molecule has 1 aromatic heterocycles. The number of nitrogens with one attached hydrogen (secondary N) is 1. The quantitative estimate of drug-likeness (QED) is 0.502. The molecule has 0 aliphatic carbocycles. The van der Waals surface area contributed by atoms with Gasteiger partial charge in [-0.1, -0.05) is 29.8 Å². The van der Waals surface area contributed by atoms with Crippen LogP contribution in [-0.4, -0.2) is 42.7 Å². The lowest BCUT2D eigenvalue weighted by Gasteiger charge is -2.22. The molecule has 0 saturated carbocycles. The first-order chi connectivity index (χ1) is 11.1. The van der Waals surface area contributed by atoms with Crippen LogP contribution in [0.25, 0.3) is 0 Å². The minimum Gasteiger partial charge on any atom is -0.492 e. The second-order valence-corrected chi connectivity index (χ2v) is 5.69. The maximum Gasteiger partial charge on any atom is 0.193 e. The van der Waals surface area contributed by atoms with Gasteiger partial charge in [0.25, 0.3) is 0 Å². The van der Waals surface area contributed by atoms with Crippen molar-refractivity contribution in [1.82, 2.24) is 14.8 Å². The van der Waals surface area contributed by atoms with Crippen molar-refractivity contribution in [3.8, 4) is 5.75 Å². The predicted octanol–water partition coefficient (Wildman–Crippen LogP) is 2.76. The van der Waals surface area contributed by atoms with E-state index in [9.17, 15) is 0 Å². The Balaban J connectivity index is 1.79. The van der Waals surface area contributed by atoms with Crippen molar-refractivity contribution in [3.63, 3.8) is 0 Å². The molecule has 0 amide bonds. The molecule has 0 unspecified atom stereocenters. The van der Waals surface area contributed by atoms with E-state index in [1.807, 2.05) is 66.2 Å². The highest BCUT2D eigenvalue weighted by atomic mass is 35.5. The van der Waals surface area contributed by atoms with Gasteiger partial charge >= 0.3 is 0 Å². The third-order valence-electron chi connectivity index (χ3n) is 3.44. The monoisotopic (exact) mass is 334 g/mol. The second kappa shape index (κ2) is 8.48. The van der Waals surface area contributed by atoms with Crippen LogP contribution in [0.3, 0.4) is 0 Å². The molecule has 1 aromatic carbocycles. The lowest BCUT2D eigenvalue weighted by atomic mass is 10.3. The van der Waals surface area contributed by atoms with Crippen LogP contribution in [0.15, 0.2) is 47.6 Å². The molecule has 2 aromatic rings. The SMILES string of the molecule is CN=C(NCCOc1ccccc1)N(C)Cc1cc(Cl)cn1C. The van der Waals surface area contributed by atoms with Gasteiger partial charge in [0.05, 0.1) is 18.1 Å². The van der Waals surface area contributed by atoms with E-state index in [0.29, 0.717) is 13.2 Å². The van der Waals surface area contributed by atoms with Gasteiger partial charge in [0, 0.05) is 33.0 Å². The number of aryl methyl sites for hydroxylation is 1. The van der Waals surface area contributed by atoms with Gasteiger partial charge in [0.2, 0.25) is 0 Å². The summed E-state index contributed by atoms with van der Waals surface area (Å²) in [5.41, 5.74) is 1.13. The van der Waals surface area contributed by atoms with E-state index in [1.54, 1.807) is 7.05 Å². The summed E-state index contributed by atoms with van der Waals surface area (Å²) in [5.74, 6) is 1.69. The molecule has 1 heterocycles. The van der Waals surface area contributed by atoms with E-state index in [0.717, 1.165) is 29.0 Å². The Labute approximate surface area is 142 Å². The molecule has 0 aliphatic rings. The van der Waals surface area contributed by atoms with Crippen LogP contribution in [0.4, 0.5) is 0 Å². The molecule has 6 heteroatoms. The fraction of sp³-hybridized carbons (Fsp3) is 0.353. The fourth-order valence-electron chi connectivity index (χ4n) is 2.27. The zero-order chi connectivity index (χ0) is 16.7. The van der Waals surface area contributed by atoms with Gasteiger partial charge in [0.15, 0.2) is 5.96 Å². The Kier molecular flexibility index (Phi) is 6.35. The predicted molar refractivity (Wildman–Crippen MR) is 95.2 cm³/mol. The first kappa shape index (κ1) is 17.2. The number of aliphatic imine (C=N–C) groups is 1. The third-order valence-corrected chi connectivity index (χ3v) is 3.65. The molecule has 124 valence electrons. The molecule has 5 nitrogen and oxygen atoms in total. The molecule has 2 rings (SSSR count). The molecule has 0 spiro atoms. The minimum absolute atomic E-state index is 0.576. The summed E-state index contributed by atoms with van der Waals surface area (Å²) in [4.78, 5) is 6.35. The number of hydrogen-bond acceptors (Lipinski definition) is 2. The summed E-state index contributed by atoms with van der Waals surface area (Å²) in [5, 5.41) is 4.04. The largest absolute Gasteiger partial charge is 0.492 e. The van der Waals surface area contributed by atoms with E-state index in [1.165, 1.54) is 0 Å². The molecule has 0 aliphatic heterocycles. The van der Waals surface area contributed by atoms with Crippen LogP contribution in [0.5, 0.6) is 5.75 Å². The number of para-hydroxylation sites is 1. The zero-order valence-corrected chi connectivity index (χ0v) is 14.5. The number of ether oxygens (including phenoxy) is 1. The first-order valence-corrected chi connectivity index (χ1v) is 7.88. The van der Waals surface area contributed by atoms with E-state index < -0.39 is 0 Å². The van der Waals surface area contributed by atoms with E-state index in [2.05, 4.69) is 10.3 Å². The highest BCUT2D eigenvalue weighted by Gasteiger charge is 2.09. The van der Waals surface area contributed by atoms with Crippen LogP contribution >= 0.6 is 11.6 Å². The van der Waals surface area contributed by atoms with Crippen molar-refractivity contribution in [2.24, 2.45) is 12.0 Å². The van der Waals surface area contributed by atoms with E-state index in [-0.39, 0.29) is 0 Å². The number of rotatable bonds is 6. The van der Waals surface area contributed by atoms with Crippen molar-refractivity contribution in [1.29, 1.82) is 0 Å². The van der Waals surface area contributed by atoms with Gasteiger partial charge in [-0.25, -0.2) is 0 Å². The maximum atomic E-state index is 6.02. The normalized spacial score (nSPS) is 11.4. The van der Waals surface area contributed by atoms with Crippen LogP contribution in [0, 0.1) is 0 Å². The highest BCUT2D eigenvalue weighted by Crippen LogP contribution is 2.14. The summed E-state index contributed by atoms with van der Waals surface area (Å²) in [6.07, 6.45) is 1.90. The summed E-state index contributed by atoms with van der Waals surface area (Å²) >= 11 is 6.02. The molecular weight excluding hydrogens is 312 g/mol. The topological polar surface area (TPSA) is 41.8 Å². The number of aromatic nitrogens is 1. The van der Waals surface area contributed by atoms with Gasteiger partial charge in [-0.2, -0.15) is 0 Å². The van der Waals surface area contributed by atoms with Gasteiger partial charge in [-0.3, -0.25) is 4.99 Å². The van der Waals surface area contributed by atoms with Gasteiger partial charge in [-0.15, -0.1) is 0 Å². The summed E-state index contributed by atoms with van der Waals surface area (Å²) in [6.45, 7) is 1.98. The fourth-order valence-corrected chi connectivity index (χ4v) is 2.55. The van der Waals surface area contributed by atoms with Crippen molar-refractivity contribution in [2.75, 3.05) is 27.2 Å². The molecule has 0 saturated heterocycles. The van der Waals surface area contributed by atoms with Crippen LogP contribution in [0.2, 0.25) is 5.02 Å². The number of hydrogen-bond donors (Lipinski definition) is 1. The molecule has 0 radical (unpaired) electrons. The first-order valence-electron chi connectivity index (χ1n) is 7.50. The standard InChI is InChI=1S/C17H23ClN4O/c1-19-17(20-9-10-23-16-7-5-4-6-8-16)22(3)13-15-11-14(18)12-21(15)2/h4-8,11-12H,9-10,13H2,1-3H3,(H,19,20). The smallest absolute Gasteiger partial charge is 0.193 e. The molecule has 1 N–H and O–H groups in total. The third kappa shape index (κ3) is 5.21. The Morgan fingerprint density at radius 2 is 2.09 bits per heavy atom. The van der Waals surface area contributed by atoms with Gasteiger partial charge in [-0.05, 0) is 18.2 Å². The van der Waals surface area contributed by atoms with Crippen LogP contribution in [-0.2, 0) is 13.6 Å². The van der Waals surface area contributed by atoms with Crippen molar-refractivity contribution < 1.29 is 4.74 Å². The second-order valence-electron chi connectivity index (χ2n) is 5.25. The number of halogens is 1. The van der Waals surface area contributed by atoms with Gasteiger partial charge < -0.3 is 19.5 Å². The molecule has 23 heavy (non-hydrogen) atoms. The Hall–Kier alpha value is -2.14. The average molecular weight is 335 g/mol. The highest BCUT2D eigenvalue weighted by molar-refractivity contribution is 6.30. The Morgan fingerprint density at radius 1 is 1.35 bits per heavy atom. The van der Waals surface area contributed by atoms with Crippen LogP contribution in [0.1, 0.15) is 5.69 Å². The maximum absolute atomic E-state index is 6.02. The van der Waals surface area contributed by atoms with Gasteiger partial charge in [0.1, 0.15) is 12.4 Å². The molecule has 0 atom stereocenters. The lowest BCUT2D eigenvalue weighted by Crippen LogP contribution is -2.40. The zero-order valence-electron chi connectivity index (χ0n) is 13.8. The number of guanidine groups is 1. The summed E-state index contributed by atoms with van der Waals surface area (Å²) in [6, 6.07) is 11.7. The van der Waals surface area contributed by atoms with Crippen molar-refractivity contribution in [2.45, 2.75) is 6.54 Å². The minimum atomic E-state index is 0.576. The van der Waals surface area contributed by atoms with Crippen LogP contribution < -0.4 is 10.1 Å². The Morgan fingerprint density at radius 3 is 2.70 bits per heavy atom. The number of nitrogens with zero attached hydrogens (tertiary/aromatic N) is 3. The summed E-state index contributed by atoms with van der Waals surface area (Å²) in [7, 11) is 5.75. The molecule has 0 fully saturated rings. The molecular formula is C17H23ClN4O. The van der Waals surface area contributed by atoms with Crippen molar-refractivity contribution in [3.05, 3.63) is 53.3 Å². The van der Waals surface area contributed by atoms with E-state index >= 15 is 0 Å². The number of benzene rings is 1. The van der Waals surface area contributed by atoms with Crippen molar-refractivity contribution >= 4 is 17.6 Å².